The lowest BCUT2D eigenvalue weighted by Gasteiger charge is -2.33. The summed E-state index contributed by atoms with van der Waals surface area (Å²) in [4.78, 5) is 26.4. The number of morpholine rings is 1. The van der Waals surface area contributed by atoms with Crippen molar-refractivity contribution in [2.45, 2.75) is 18.9 Å². The lowest BCUT2D eigenvalue weighted by atomic mass is 10.1. The Kier molecular flexibility index (Phi) is 8.70. The number of rotatable bonds is 8. The van der Waals surface area contributed by atoms with E-state index in [4.69, 9.17) is 21.1 Å². The molecule has 2 aromatic rings. The predicted octanol–water partition coefficient (Wildman–Crippen LogP) is 3.26. The third-order valence-corrected chi connectivity index (χ3v) is 5.42. The Morgan fingerprint density at radius 2 is 1.97 bits per heavy atom. The average Bonchev–Trinajstić information content (AvgIpc) is 2.79. The number of methoxy groups -OCH3 is 1. The van der Waals surface area contributed by atoms with E-state index in [0.29, 0.717) is 29.6 Å². The van der Waals surface area contributed by atoms with Crippen LogP contribution in [0.3, 0.4) is 0 Å². The molecule has 1 saturated heterocycles. The van der Waals surface area contributed by atoms with Crippen LogP contribution >= 0.6 is 11.6 Å². The van der Waals surface area contributed by atoms with E-state index in [9.17, 15) is 9.59 Å². The number of benzene rings is 2. The molecule has 0 bridgehead atoms. The molecule has 3 rings (SSSR count). The maximum absolute atomic E-state index is 12.0. The summed E-state index contributed by atoms with van der Waals surface area (Å²) in [5.74, 6) is -0.887. The quantitative estimate of drug-likeness (QED) is 0.481. The van der Waals surface area contributed by atoms with Crippen molar-refractivity contribution in [3.8, 4) is 5.75 Å². The molecule has 1 aliphatic rings. The predicted molar refractivity (Wildman–Crippen MR) is 120 cm³/mol. The fourth-order valence-corrected chi connectivity index (χ4v) is 3.71. The summed E-state index contributed by atoms with van der Waals surface area (Å²) in [7, 11) is 1.51. The van der Waals surface area contributed by atoms with Gasteiger partial charge in [0.15, 0.2) is 0 Å². The molecule has 1 fully saturated rings. The van der Waals surface area contributed by atoms with E-state index < -0.39 is 11.8 Å². The van der Waals surface area contributed by atoms with Gasteiger partial charge in [-0.05, 0) is 43.1 Å². The Hall–Kier alpha value is -2.61. The first kappa shape index (κ1) is 23.1. The van der Waals surface area contributed by atoms with Gasteiger partial charge in [0, 0.05) is 25.3 Å². The number of hydrogen-bond acceptors (Lipinski definition) is 5. The molecular formula is C23H28ClN3O4. The van der Waals surface area contributed by atoms with Gasteiger partial charge in [-0.1, -0.05) is 41.9 Å². The molecule has 1 heterocycles. The van der Waals surface area contributed by atoms with Gasteiger partial charge in [0.25, 0.3) is 0 Å². The Labute approximate surface area is 187 Å². The maximum Gasteiger partial charge on any atom is 0.313 e. The zero-order chi connectivity index (χ0) is 22.1. The second kappa shape index (κ2) is 11.7. The van der Waals surface area contributed by atoms with Gasteiger partial charge in [-0.25, -0.2) is 0 Å². The molecule has 7 nitrogen and oxygen atoms in total. The summed E-state index contributed by atoms with van der Waals surface area (Å²) in [6.07, 6.45) is 1.82. The molecule has 0 aliphatic carbocycles. The molecule has 0 radical (unpaired) electrons. The van der Waals surface area contributed by atoms with Gasteiger partial charge in [0.1, 0.15) is 5.75 Å². The average molecular weight is 446 g/mol. The molecule has 0 aromatic heterocycles. The van der Waals surface area contributed by atoms with E-state index in [1.165, 1.54) is 18.7 Å². The standard InChI is InChI=1S/C23H28ClN3O4/c1-30-20-10-9-18(15-19(20)24)26-23(29)22(28)25-11-5-6-12-27-13-14-31-21(16-27)17-7-3-2-4-8-17/h2-4,7-10,15,21H,5-6,11-14,16H2,1H3,(H,25,28)(H,26,29). The van der Waals surface area contributed by atoms with Crippen molar-refractivity contribution < 1.29 is 19.1 Å². The second-order valence-corrected chi connectivity index (χ2v) is 7.74. The van der Waals surface area contributed by atoms with Crippen LogP contribution in [0.25, 0.3) is 0 Å². The molecule has 0 spiro atoms. The molecule has 1 atom stereocenters. The van der Waals surface area contributed by atoms with Gasteiger partial charge in [0.2, 0.25) is 0 Å². The summed E-state index contributed by atoms with van der Waals surface area (Å²) in [5, 5.41) is 5.55. The maximum atomic E-state index is 12.0. The van der Waals surface area contributed by atoms with Crippen LogP contribution in [-0.2, 0) is 14.3 Å². The van der Waals surface area contributed by atoms with Crippen LogP contribution in [0.2, 0.25) is 5.02 Å². The highest BCUT2D eigenvalue weighted by Gasteiger charge is 2.21. The minimum Gasteiger partial charge on any atom is -0.495 e. The van der Waals surface area contributed by atoms with Crippen molar-refractivity contribution in [2.24, 2.45) is 0 Å². The molecule has 0 saturated carbocycles. The van der Waals surface area contributed by atoms with Crippen molar-refractivity contribution in [1.29, 1.82) is 0 Å². The van der Waals surface area contributed by atoms with Crippen molar-refractivity contribution in [3.05, 3.63) is 59.1 Å². The van der Waals surface area contributed by atoms with Gasteiger partial charge in [-0.3, -0.25) is 14.5 Å². The zero-order valence-corrected chi connectivity index (χ0v) is 18.4. The van der Waals surface area contributed by atoms with Crippen LogP contribution in [0.1, 0.15) is 24.5 Å². The summed E-state index contributed by atoms with van der Waals surface area (Å²) < 4.78 is 11.0. The monoisotopic (exact) mass is 445 g/mol. The Morgan fingerprint density at radius 1 is 1.16 bits per heavy atom. The normalized spacial score (nSPS) is 16.5. The van der Waals surface area contributed by atoms with E-state index in [0.717, 1.165) is 32.5 Å². The Bertz CT molecular complexity index is 878. The largest absolute Gasteiger partial charge is 0.495 e. The molecule has 31 heavy (non-hydrogen) atoms. The minimum atomic E-state index is -0.722. The third kappa shape index (κ3) is 6.95. The SMILES string of the molecule is COc1ccc(NC(=O)C(=O)NCCCCN2CCOC(c3ccccc3)C2)cc1Cl. The number of hydrogen-bond donors (Lipinski definition) is 2. The summed E-state index contributed by atoms with van der Waals surface area (Å²) >= 11 is 6.03. The Morgan fingerprint density at radius 3 is 2.71 bits per heavy atom. The van der Waals surface area contributed by atoms with Crippen LogP contribution in [0.4, 0.5) is 5.69 Å². The first-order valence-corrected chi connectivity index (χ1v) is 10.8. The number of unbranched alkanes of at least 4 members (excludes halogenated alkanes) is 1. The van der Waals surface area contributed by atoms with E-state index >= 15 is 0 Å². The highest BCUT2D eigenvalue weighted by atomic mass is 35.5. The number of nitrogens with one attached hydrogen (secondary N) is 2. The second-order valence-electron chi connectivity index (χ2n) is 7.34. The van der Waals surface area contributed by atoms with Crippen LogP contribution in [0, 0.1) is 0 Å². The van der Waals surface area contributed by atoms with Crippen molar-refractivity contribution in [2.75, 3.05) is 45.2 Å². The first-order valence-electron chi connectivity index (χ1n) is 10.4. The van der Waals surface area contributed by atoms with Crippen LogP contribution in [-0.4, -0.2) is 56.6 Å². The summed E-state index contributed by atoms with van der Waals surface area (Å²) in [5.41, 5.74) is 1.63. The fraction of sp³-hybridized carbons (Fsp3) is 0.391. The zero-order valence-electron chi connectivity index (χ0n) is 17.6. The number of ether oxygens (including phenoxy) is 2. The van der Waals surface area contributed by atoms with Gasteiger partial charge in [0.05, 0.1) is 24.8 Å². The smallest absolute Gasteiger partial charge is 0.313 e. The lowest BCUT2D eigenvalue weighted by molar-refractivity contribution is -0.136. The highest BCUT2D eigenvalue weighted by molar-refractivity contribution is 6.40. The topological polar surface area (TPSA) is 79.9 Å². The van der Waals surface area contributed by atoms with E-state index in [-0.39, 0.29) is 6.10 Å². The lowest BCUT2D eigenvalue weighted by Crippen LogP contribution is -2.39. The van der Waals surface area contributed by atoms with Crippen molar-refractivity contribution in [1.82, 2.24) is 10.2 Å². The fourth-order valence-electron chi connectivity index (χ4n) is 3.45. The molecule has 1 unspecified atom stereocenters. The number of amides is 2. The molecule has 2 N–H and O–H groups in total. The molecular weight excluding hydrogens is 418 g/mol. The number of nitrogens with zero attached hydrogens (tertiary/aromatic N) is 1. The van der Waals surface area contributed by atoms with Gasteiger partial charge >= 0.3 is 11.8 Å². The minimum absolute atomic E-state index is 0.102. The third-order valence-electron chi connectivity index (χ3n) is 5.12. The van der Waals surface area contributed by atoms with Gasteiger partial charge < -0.3 is 20.1 Å². The summed E-state index contributed by atoms with van der Waals surface area (Å²) in [6, 6.07) is 15.0. The molecule has 1 aliphatic heterocycles. The van der Waals surface area contributed by atoms with Crippen LogP contribution < -0.4 is 15.4 Å². The van der Waals surface area contributed by atoms with E-state index in [1.54, 1.807) is 12.1 Å². The van der Waals surface area contributed by atoms with Crippen molar-refractivity contribution in [3.63, 3.8) is 0 Å². The number of carbonyl (C=O) groups is 2. The highest BCUT2D eigenvalue weighted by Crippen LogP contribution is 2.27. The van der Waals surface area contributed by atoms with E-state index in [1.807, 2.05) is 18.2 Å². The van der Waals surface area contributed by atoms with Crippen LogP contribution in [0.15, 0.2) is 48.5 Å². The van der Waals surface area contributed by atoms with Crippen LogP contribution in [0.5, 0.6) is 5.75 Å². The number of carbonyl (C=O) groups excluding carboxylic acids is 2. The Balaban J connectivity index is 1.33. The van der Waals surface area contributed by atoms with Gasteiger partial charge in [-0.15, -0.1) is 0 Å². The van der Waals surface area contributed by atoms with Gasteiger partial charge in [-0.2, -0.15) is 0 Å². The first-order chi connectivity index (χ1) is 15.1. The molecule has 8 heteroatoms. The number of anilines is 1. The van der Waals surface area contributed by atoms with Crippen molar-refractivity contribution >= 4 is 29.1 Å². The van der Waals surface area contributed by atoms with E-state index in [2.05, 4.69) is 27.7 Å². The summed E-state index contributed by atoms with van der Waals surface area (Å²) in [6.45, 7) is 3.86. The molecule has 2 aromatic carbocycles. The molecule has 2 amide bonds. The molecule has 166 valence electrons. The number of halogens is 1.